The van der Waals surface area contributed by atoms with Crippen molar-refractivity contribution in [2.45, 2.75) is 17.3 Å². The van der Waals surface area contributed by atoms with Gasteiger partial charge in [0.2, 0.25) is 11.1 Å². The summed E-state index contributed by atoms with van der Waals surface area (Å²) in [5.74, 6) is 1.31. The lowest BCUT2D eigenvalue weighted by atomic mass is 10.0. The lowest BCUT2D eigenvalue weighted by Gasteiger charge is -2.13. The van der Waals surface area contributed by atoms with E-state index in [0.717, 1.165) is 22.6 Å². The first-order chi connectivity index (χ1) is 16.6. The number of benzene rings is 2. The normalized spacial score (nSPS) is 11.5. The molecule has 0 aliphatic carbocycles. The van der Waals surface area contributed by atoms with Crippen molar-refractivity contribution >= 4 is 23.4 Å². The van der Waals surface area contributed by atoms with E-state index in [-0.39, 0.29) is 5.91 Å². The molecule has 0 saturated heterocycles. The molecule has 0 spiro atoms. The maximum Gasteiger partial charge on any atom is 0.237 e. The van der Waals surface area contributed by atoms with Crippen LogP contribution in [-0.4, -0.2) is 45.5 Å². The van der Waals surface area contributed by atoms with Crippen LogP contribution in [0.3, 0.4) is 0 Å². The van der Waals surface area contributed by atoms with Gasteiger partial charge in [0.15, 0.2) is 0 Å². The number of rotatable bonds is 8. The maximum absolute atomic E-state index is 12.6. The average molecular weight is 474 g/mol. The van der Waals surface area contributed by atoms with E-state index in [1.165, 1.54) is 11.8 Å². The molecule has 9 heteroatoms. The topological polar surface area (TPSA) is 99.1 Å². The van der Waals surface area contributed by atoms with E-state index in [2.05, 4.69) is 20.5 Å². The summed E-state index contributed by atoms with van der Waals surface area (Å²) in [6.07, 6.45) is 3.25. The van der Waals surface area contributed by atoms with E-state index < -0.39 is 5.25 Å². The predicted octanol–water partition coefficient (Wildman–Crippen LogP) is 4.74. The summed E-state index contributed by atoms with van der Waals surface area (Å²) in [6.45, 7) is 1.80. The number of amides is 1. The molecule has 0 saturated carbocycles. The Morgan fingerprint density at radius 3 is 2.06 bits per heavy atom. The zero-order valence-electron chi connectivity index (χ0n) is 18.9. The number of carbonyl (C=O) groups is 1. The Labute approximate surface area is 201 Å². The second-order valence-corrected chi connectivity index (χ2v) is 8.55. The smallest absolute Gasteiger partial charge is 0.237 e. The first-order valence-electron chi connectivity index (χ1n) is 10.5. The van der Waals surface area contributed by atoms with Gasteiger partial charge in [0.05, 0.1) is 31.4 Å². The van der Waals surface area contributed by atoms with E-state index in [1.807, 2.05) is 48.5 Å². The fourth-order valence-corrected chi connectivity index (χ4v) is 3.86. The molecule has 0 fully saturated rings. The fraction of sp³-hybridized carbons (Fsp3) is 0.160. The molecular weight excluding hydrogens is 450 g/mol. The van der Waals surface area contributed by atoms with Crippen LogP contribution in [-0.2, 0) is 4.79 Å². The minimum Gasteiger partial charge on any atom is -0.497 e. The molecular formula is C25H23N5O3S. The fourth-order valence-electron chi connectivity index (χ4n) is 3.15. The van der Waals surface area contributed by atoms with Crippen molar-refractivity contribution in [3.63, 3.8) is 0 Å². The Morgan fingerprint density at radius 2 is 1.50 bits per heavy atom. The Morgan fingerprint density at radius 1 is 0.882 bits per heavy atom. The van der Waals surface area contributed by atoms with Crippen LogP contribution in [0.25, 0.3) is 22.5 Å². The molecule has 1 atom stereocenters. The molecule has 34 heavy (non-hydrogen) atoms. The minimum absolute atomic E-state index is 0.174. The molecule has 2 aromatic heterocycles. The maximum atomic E-state index is 12.6. The number of nitrogens with one attached hydrogen (secondary N) is 1. The zero-order chi connectivity index (χ0) is 23.9. The molecule has 0 radical (unpaired) electrons. The van der Waals surface area contributed by atoms with Gasteiger partial charge in [0, 0.05) is 17.3 Å². The van der Waals surface area contributed by atoms with Crippen molar-refractivity contribution in [3.8, 4) is 34.0 Å². The van der Waals surface area contributed by atoms with E-state index in [0.29, 0.717) is 22.2 Å². The molecule has 8 nitrogen and oxygen atoms in total. The van der Waals surface area contributed by atoms with E-state index in [1.54, 1.807) is 45.7 Å². The second-order valence-electron chi connectivity index (χ2n) is 7.24. The van der Waals surface area contributed by atoms with Crippen molar-refractivity contribution < 1.29 is 14.3 Å². The summed E-state index contributed by atoms with van der Waals surface area (Å²) in [4.78, 5) is 21.4. The van der Waals surface area contributed by atoms with Crippen LogP contribution in [0.2, 0.25) is 0 Å². The summed E-state index contributed by atoms with van der Waals surface area (Å²) in [5, 5.41) is 11.6. The third kappa shape index (κ3) is 5.49. The number of hydrogen-bond acceptors (Lipinski definition) is 8. The molecule has 4 rings (SSSR count). The molecule has 1 N–H and O–H groups in total. The zero-order valence-corrected chi connectivity index (χ0v) is 19.7. The molecule has 1 amide bonds. The van der Waals surface area contributed by atoms with E-state index >= 15 is 0 Å². The van der Waals surface area contributed by atoms with Crippen molar-refractivity contribution in [3.05, 3.63) is 73.1 Å². The number of pyridine rings is 1. The second kappa shape index (κ2) is 10.8. The number of anilines is 1. The van der Waals surface area contributed by atoms with Crippen LogP contribution < -0.4 is 14.8 Å². The monoisotopic (exact) mass is 473 g/mol. The first-order valence-corrected chi connectivity index (χ1v) is 11.4. The van der Waals surface area contributed by atoms with Crippen LogP contribution in [0, 0.1) is 0 Å². The van der Waals surface area contributed by atoms with Crippen molar-refractivity contribution in [2.75, 3.05) is 19.5 Å². The van der Waals surface area contributed by atoms with Gasteiger partial charge in [-0.3, -0.25) is 9.78 Å². The summed E-state index contributed by atoms with van der Waals surface area (Å²) >= 11 is 1.24. The van der Waals surface area contributed by atoms with E-state index in [9.17, 15) is 4.79 Å². The number of thioether (sulfide) groups is 1. The lowest BCUT2D eigenvalue weighted by Crippen LogP contribution is -2.22. The summed E-state index contributed by atoms with van der Waals surface area (Å²) < 4.78 is 10.5. The van der Waals surface area contributed by atoms with Crippen LogP contribution in [0.5, 0.6) is 11.5 Å². The molecule has 4 aromatic rings. The Bertz CT molecular complexity index is 1250. The summed E-state index contributed by atoms with van der Waals surface area (Å²) in [7, 11) is 3.24. The SMILES string of the molecule is COc1ccc(-c2nnc(SC(C)C(=O)Nc3cccnc3)nc2-c2ccc(OC)cc2)cc1. The number of carbonyl (C=O) groups excluding carboxylic acids is 1. The highest BCUT2D eigenvalue weighted by molar-refractivity contribution is 8.00. The van der Waals surface area contributed by atoms with Crippen LogP contribution in [0.1, 0.15) is 6.92 Å². The van der Waals surface area contributed by atoms with Gasteiger partial charge in [0.1, 0.15) is 22.9 Å². The van der Waals surface area contributed by atoms with Gasteiger partial charge in [-0.05, 0) is 67.6 Å². The highest BCUT2D eigenvalue weighted by atomic mass is 32.2. The van der Waals surface area contributed by atoms with Gasteiger partial charge in [-0.2, -0.15) is 0 Å². The molecule has 0 bridgehead atoms. The highest BCUT2D eigenvalue weighted by Crippen LogP contribution is 2.32. The number of nitrogens with zero attached hydrogens (tertiary/aromatic N) is 4. The highest BCUT2D eigenvalue weighted by Gasteiger charge is 2.20. The van der Waals surface area contributed by atoms with Crippen molar-refractivity contribution in [1.82, 2.24) is 20.2 Å². The molecule has 2 heterocycles. The quantitative estimate of drug-likeness (QED) is 0.367. The number of methoxy groups -OCH3 is 2. The Balaban J connectivity index is 1.64. The third-order valence-electron chi connectivity index (χ3n) is 4.97. The third-order valence-corrected chi connectivity index (χ3v) is 5.93. The van der Waals surface area contributed by atoms with Gasteiger partial charge >= 0.3 is 0 Å². The van der Waals surface area contributed by atoms with Crippen molar-refractivity contribution in [2.24, 2.45) is 0 Å². The number of hydrogen-bond donors (Lipinski definition) is 1. The van der Waals surface area contributed by atoms with Crippen LogP contribution in [0.4, 0.5) is 5.69 Å². The molecule has 172 valence electrons. The molecule has 1 unspecified atom stereocenters. The Kier molecular flexibility index (Phi) is 7.34. The van der Waals surface area contributed by atoms with Gasteiger partial charge in [-0.15, -0.1) is 10.2 Å². The average Bonchev–Trinajstić information content (AvgIpc) is 2.89. The molecule has 2 aromatic carbocycles. The minimum atomic E-state index is -0.447. The summed E-state index contributed by atoms with van der Waals surface area (Å²) in [6, 6.07) is 18.7. The van der Waals surface area contributed by atoms with Gasteiger partial charge in [-0.1, -0.05) is 11.8 Å². The van der Waals surface area contributed by atoms with Gasteiger partial charge in [0.25, 0.3) is 0 Å². The van der Waals surface area contributed by atoms with E-state index in [4.69, 9.17) is 14.5 Å². The molecule has 0 aliphatic rings. The Hall–Kier alpha value is -3.98. The molecule has 0 aliphatic heterocycles. The van der Waals surface area contributed by atoms with Gasteiger partial charge < -0.3 is 14.8 Å². The largest absolute Gasteiger partial charge is 0.497 e. The number of aromatic nitrogens is 4. The van der Waals surface area contributed by atoms with Gasteiger partial charge in [-0.25, -0.2) is 4.98 Å². The van der Waals surface area contributed by atoms with Crippen molar-refractivity contribution in [1.29, 1.82) is 0 Å². The van der Waals surface area contributed by atoms with Crippen LogP contribution >= 0.6 is 11.8 Å². The predicted molar refractivity (Wildman–Crippen MR) is 132 cm³/mol. The first kappa shape index (κ1) is 23.2. The van der Waals surface area contributed by atoms with Crippen LogP contribution in [0.15, 0.2) is 78.2 Å². The summed E-state index contributed by atoms with van der Waals surface area (Å²) in [5.41, 5.74) is 3.63. The standard InChI is InChI=1S/C25H23N5O3S/c1-16(24(31)27-19-5-4-14-26-15-19)34-25-28-22(17-6-10-20(32-2)11-7-17)23(29-30-25)18-8-12-21(33-3)13-9-18/h4-16H,1-3H3,(H,27,31). The number of ether oxygens (including phenoxy) is 2. The lowest BCUT2D eigenvalue weighted by molar-refractivity contribution is -0.115.